The molecule has 16 heavy (non-hydrogen) atoms. The van der Waals surface area contributed by atoms with E-state index in [1.807, 2.05) is 47.1 Å². The van der Waals surface area contributed by atoms with Crippen molar-refractivity contribution in [1.29, 1.82) is 5.41 Å². The maximum atomic E-state index is 7.77. The van der Waals surface area contributed by atoms with Crippen molar-refractivity contribution >= 4 is 46.0 Å². The fourth-order valence-corrected chi connectivity index (χ4v) is 1.90. The van der Waals surface area contributed by atoms with E-state index in [9.17, 15) is 0 Å². The second-order valence-corrected chi connectivity index (χ2v) is 4.65. The zero-order valence-electron chi connectivity index (χ0n) is 8.30. The molecule has 1 heterocycles. The van der Waals surface area contributed by atoms with Crippen LogP contribution in [0, 0.1) is 5.41 Å². The molecule has 1 aromatic rings. The second kappa shape index (κ2) is 4.47. The molecule has 5 heteroatoms. The third-order valence-electron chi connectivity index (χ3n) is 2.17. The first kappa shape index (κ1) is 11.5. The van der Waals surface area contributed by atoms with Gasteiger partial charge in [-0.1, -0.05) is 36.4 Å². The van der Waals surface area contributed by atoms with Crippen LogP contribution in [0.2, 0.25) is 5.02 Å². The van der Waals surface area contributed by atoms with Gasteiger partial charge in [-0.15, -0.1) is 0 Å². The molecule has 82 valence electrons. The van der Waals surface area contributed by atoms with Crippen molar-refractivity contribution in [2.45, 2.75) is 0 Å². The lowest BCUT2D eigenvalue weighted by Gasteiger charge is -2.26. The summed E-state index contributed by atoms with van der Waals surface area (Å²) in [6, 6.07) is 7.51. The SMILES string of the molecule is C=C1NC(c2ccccc2Cl)=CC(=N)N1I. The van der Waals surface area contributed by atoms with Crippen molar-refractivity contribution in [2.24, 2.45) is 0 Å². The second-order valence-electron chi connectivity index (χ2n) is 3.28. The Labute approximate surface area is 113 Å². The number of hydrogen-bond acceptors (Lipinski definition) is 2. The van der Waals surface area contributed by atoms with Crippen molar-refractivity contribution in [1.82, 2.24) is 8.43 Å². The zero-order chi connectivity index (χ0) is 11.7. The molecule has 0 saturated carbocycles. The average molecular weight is 346 g/mol. The van der Waals surface area contributed by atoms with Gasteiger partial charge in [0.1, 0.15) is 11.7 Å². The number of halogens is 2. The molecule has 0 saturated heterocycles. The summed E-state index contributed by atoms with van der Waals surface area (Å²) in [6.07, 6.45) is 1.72. The molecule has 0 fully saturated rings. The number of rotatable bonds is 1. The number of nitrogens with zero attached hydrogens (tertiary/aromatic N) is 1. The maximum absolute atomic E-state index is 7.77. The number of benzene rings is 1. The molecule has 0 aliphatic carbocycles. The normalized spacial score (nSPS) is 15.9. The van der Waals surface area contributed by atoms with Crippen LogP contribution in [0.4, 0.5) is 0 Å². The van der Waals surface area contributed by atoms with E-state index < -0.39 is 0 Å². The van der Waals surface area contributed by atoms with Crippen LogP contribution in [0.3, 0.4) is 0 Å². The summed E-state index contributed by atoms with van der Waals surface area (Å²) in [6.45, 7) is 3.83. The van der Waals surface area contributed by atoms with E-state index in [0.29, 0.717) is 16.7 Å². The highest BCUT2D eigenvalue weighted by atomic mass is 127. The van der Waals surface area contributed by atoms with Crippen molar-refractivity contribution < 1.29 is 0 Å². The molecule has 0 unspecified atom stereocenters. The minimum absolute atomic E-state index is 0.374. The topological polar surface area (TPSA) is 39.1 Å². The fraction of sp³-hybridized carbons (Fsp3) is 0. The van der Waals surface area contributed by atoms with Gasteiger partial charge in [0.25, 0.3) is 0 Å². The molecular formula is C11H9ClIN3. The van der Waals surface area contributed by atoms with Crippen molar-refractivity contribution in [3.63, 3.8) is 0 Å². The summed E-state index contributed by atoms with van der Waals surface area (Å²) in [5, 5.41) is 11.5. The maximum Gasteiger partial charge on any atom is 0.137 e. The van der Waals surface area contributed by atoms with E-state index in [2.05, 4.69) is 11.9 Å². The van der Waals surface area contributed by atoms with E-state index >= 15 is 0 Å². The van der Waals surface area contributed by atoms with Gasteiger partial charge in [-0.3, -0.25) is 8.52 Å². The van der Waals surface area contributed by atoms with Crippen LogP contribution in [-0.4, -0.2) is 8.95 Å². The highest BCUT2D eigenvalue weighted by molar-refractivity contribution is 14.1. The molecule has 1 aromatic carbocycles. The molecule has 0 radical (unpaired) electrons. The van der Waals surface area contributed by atoms with Gasteiger partial charge in [0.15, 0.2) is 0 Å². The molecule has 0 atom stereocenters. The predicted octanol–water partition coefficient (Wildman–Crippen LogP) is 3.38. The minimum Gasteiger partial charge on any atom is -0.341 e. The molecule has 0 spiro atoms. The van der Waals surface area contributed by atoms with Crippen molar-refractivity contribution in [2.75, 3.05) is 0 Å². The van der Waals surface area contributed by atoms with Crippen LogP contribution in [0.25, 0.3) is 5.70 Å². The van der Waals surface area contributed by atoms with E-state index in [0.717, 1.165) is 11.3 Å². The lowest BCUT2D eigenvalue weighted by molar-refractivity contribution is 0.791. The van der Waals surface area contributed by atoms with Crippen LogP contribution in [0.1, 0.15) is 5.56 Å². The van der Waals surface area contributed by atoms with E-state index in [1.165, 1.54) is 0 Å². The largest absolute Gasteiger partial charge is 0.341 e. The predicted molar refractivity (Wildman–Crippen MR) is 75.3 cm³/mol. The van der Waals surface area contributed by atoms with Crippen LogP contribution in [-0.2, 0) is 0 Å². The van der Waals surface area contributed by atoms with E-state index in [-0.39, 0.29) is 0 Å². The molecule has 3 nitrogen and oxygen atoms in total. The first-order chi connectivity index (χ1) is 7.59. The van der Waals surface area contributed by atoms with Gasteiger partial charge in [0.2, 0.25) is 0 Å². The molecule has 1 aliphatic heterocycles. The van der Waals surface area contributed by atoms with E-state index in [4.69, 9.17) is 17.0 Å². The number of nitrogens with one attached hydrogen (secondary N) is 2. The zero-order valence-corrected chi connectivity index (χ0v) is 11.2. The number of amidine groups is 1. The standard InChI is InChI=1S/C11H9ClIN3/c1-7-15-10(6-11(14)16(7)13)8-4-2-3-5-9(8)12/h2-6,14-15H,1H2. The summed E-state index contributed by atoms with van der Waals surface area (Å²) in [7, 11) is 0. The van der Waals surface area contributed by atoms with Crippen LogP contribution in [0.5, 0.6) is 0 Å². The Balaban J connectivity index is 2.44. The lowest BCUT2D eigenvalue weighted by Crippen LogP contribution is -2.31. The van der Waals surface area contributed by atoms with Gasteiger partial charge >= 0.3 is 0 Å². The number of hydrogen-bond donors (Lipinski definition) is 2. The molecular weight excluding hydrogens is 336 g/mol. The Kier molecular flexibility index (Phi) is 3.20. The van der Waals surface area contributed by atoms with Gasteiger partial charge in [-0.25, -0.2) is 0 Å². The van der Waals surface area contributed by atoms with Gasteiger partial charge in [0, 0.05) is 16.7 Å². The molecule has 2 N–H and O–H groups in total. The Bertz CT molecular complexity index is 496. The van der Waals surface area contributed by atoms with Crippen LogP contribution in [0.15, 0.2) is 42.7 Å². The quantitative estimate of drug-likeness (QED) is 0.605. The summed E-state index contributed by atoms with van der Waals surface area (Å²) < 4.78 is 1.64. The first-order valence-corrected chi connectivity index (χ1v) is 5.91. The van der Waals surface area contributed by atoms with Crippen LogP contribution >= 0.6 is 34.5 Å². The van der Waals surface area contributed by atoms with Gasteiger partial charge in [0.05, 0.1) is 28.6 Å². The molecule has 0 amide bonds. The van der Waals surface area contributed by atoms with E-state index in [1.54, 1.807) is 9.19 Å². The van der Waals surface area contributed by atoms with Crippen molar-refractivity contribution in [3.05, 3.63) is 53.3 Å². The van der Waals surface area contributed by atoms with Gasteiger partial charge in [-0.05, 0) is 6.07 Å². The highest BCUT2D eigenvalue weighted by Crippen LogP contribution is 2.26. The Morgan fingerprint density at radius 1 is 1.38 bits per heavy atom. The first-order valence-electron chi connectivity index (χ1n) is 4.56. The monoisotopic (exact) mass is 345 g/mol. The summed E-state index contributed by atoms with van der Waals surface area (Å²) >= 11 is 8.11. The highest BCUT2D eigenvalue weighted by Gasteiger charge is 2.18. The van der Waals surface area contributed by atoms with Gasteiger partial charge in [-0.2, -0.15) is 0 Å². The smallest absolute Gasteiger partial charge is 0.137 e. The molecule has 1 aliphatic rings. The Hall–Kier alpha value is -1.01. The molecule has 0 bridgehead atoms. The minimum atomic E-state index is 0.374. The molecule has 2 rings (SSSR count). The van der Waals surface area contributed by atoms with Crippen molar-refractivity contribution in [3.8, 4) is 0 Å². The summed E-state index contributed by atoms with van der Waals surface area (Å²) in [4.78, 5) is 0. The third-order valence-corrected chi connectivity index (χ3v) is 3.60. The summed E-state index contributed by atoms with van der Waals surface area (Å²) in [5.41, 5.74) is 1.67. The van der Waals surface area contributed by atoms with Crippen LogP contribution < -0.4 is 5.32 Å². The Morgan fingerprint density at radius 3 is 2.69 bits per heavy atom. The molecule has 0 aromatic heterocycles. The lowest BCUT2D eigenvalue weighted by atomic mass is 10.1. The fourth-order valence-electron chi connectivity index (χ4n) is 1.40. The average Bonchev–Trinajstić information content (AvgIpc) is 2.26. The third kappa shape index (κ3) is 2.08. The summed E-state index contributed by atoms with van der Waals surface area (Å²) in [5.74, 6) is 1.03. The van der Waals surface area contributed by atoms with Gasteiger partial charge < -0.3 is 5.32 Å². The Morgan fingerprint density at radius 2 is 2.06 bits per heavy atom.